The highest BCUT2D eigenvalue weighted by Gasteiger charge is 2.18. The standard InChI is InChI=1S/C23H20N6O3/c24-22(25)13-3-1-12(2-4-13)21-18(10-15-9-16(29(31)32)6-8-20(15)30)17-7-5-14(23(26)27)11-19(17)28-21/h1-9,11,28,30H,10H2,(H3,24,25)(H3,26,27). The topological polar surface area (TPSA) is 179 Å². The molecule has 0 aliphatic heterocycles. The Bertz CT molecular complexity index is 1390. The highest BCUT2D eigenvalue weighted by Crippen LogP contribution is 2.35. The minimum atomic E-state index is -0.501. The molecule has 0 fully saturated rings. The van der Waals surface area contributed by atoms with Crippen LogP contribution in [-0.2, 0) is 6.42 Å². The molecule has 9 heteroatoms. The number of phenols is 1. The third kappa shape index (κ3) is 3.74. The van der Waals surface area contributed by atoms with Gasteiger partial charge in [-0.15, -0.1) is 0 Å². The molecule has 1 aromatic heterocycles. The van der Waals surface area contributed by atoms with Gasteiger partial charge in [-0.3, -0.25) is 20.9 Å². The highest BCUT2D eigenvalue weighted by atomic mass is 16.6. The zero-order valence-corrected chi connectivity index (χ0v) is 16.8. The third-order valence-electron chi connectivity index (χ3n) is 5.34. The summed E-state index contributed by atoms with van der Waals surface area (Å²) in [6.07, 6.45) is 0.233. The van der Waals surface area contributed by atoms with Crippen molar-refractivity contribution in [3.05, 3.63) is 93.0 Å². The van der Waals surface area contributed by atoms with Gasteiger partial charge in [0, 0.05) is 46.1 Å². The van der Waals surface area contributed by atoms with Crippen LogP contribution in [0.25, 0.3) is 22.2 Å². The molecule has 0 aliphatic carbocycles. The molecular formula is C23H20N6O3. The van der Waals surface area contributed by atoms with Crippen LogP contribution >= 0.6 is 0 Å². The predicted octanol–water partition coefficient (Wildman–Crippen LogP) is 3.61. The maximum absolute atomic E-state index is 11.2. The fourth-order valence-corrected chi connectivity index (χ4v) is 3.69. The molecule has 0 bridgehead atoms. The Hall–Kier alpha value is -4.66. The number of amidine groups is 2. The van der Waals surface area contributed by atoms with E-state index >= 15 is 0 Å². The van der Waals surface area contributed by atoms with Gasteiger partial charge < -0.3 is 21.6 Å². The lowest BCUT2D eigenvalue weighted by atomic mass is 9.96. The number of nitro groups is 1. The van der Waals surface area contributed by atoms with Crippen molar-refractivity contribution >= 4 is 28.3 Å². The molecule has 8 N–H and O–H groups in total. The van der Waals surface area contributed by atoms with Gasteiger partial charge in [-0.25, -0.2) is 0 Å². The molecule has 0 saturated carbocycles. The molecule has 0 spiro atoms. The quantitative estimate of drug-likeness (QED) is 0.119. The summed E-state index contributed by atoms with van der Waals surface area (Å²) in [5.41, 5.74) is 15.8. The Labute approximate surface area is 182 Å². The average Bonchev–Trinajstić information content (AvgIpc) is 3.12. The molecule has 0 amide bonds. The number of nitrogens with zero attached hydrogens (tertiary/aromatic N) is 1. The fourth-order valence-electron chi connectivity index (χ4n) is 3.69. The van der Waals surface area contributed by atoms with Gasteiger partial charge in [-0.05, 0) is 23.3 Å². The molecule has 0 unspecified atom stereocenters. The third-order valence-corrected chi connectivity index (χ3v) is 5.34. The molecule has 0 radical (unpaired) electrons. The van der Waals surface area contributed by atoms with Crippen LogP contribution in [0.3, 0.4) is 0 Å². The van der Waals surface area contributed by atoms with Gasteiger partial charge in [-0.1, -0.05) is 36.4 Å². The summed E-state index contributed by atoms with van der Waals surface area (Å²) in [5, 5.41) is 37.7. The smallest absolute Gasteiger partial charge is 0.269 e. The number of phenolic OH excluding ortho intramolecular Hbond substituents is 1. The van der Waals surface area contributed by atoms with Crippen LogP contribution in [0.2, 0.25) is 0 Å². The number of non-ortho nitro benzene ring substituents is 1. The van der Waals surface area contributed by atoms with Crippen LogP contribution in [0.4, 0.5) is 5.69 Å². The van der Waals surface area contributed by atoms with Crippen molar-refractivity contribution in [1.82, 2.24) is 4.98 Å². The summed E-state index contributed by atoms with van der Waals surface area (Å²) in [6.45, 7) is 0. The maximum Gasteiger partial charge on any atom is 0.269 e. The lowest BCUT2D eigenvalue weighted by molar-refractivity contribution is -0.384. The molecule has 0 aliphatic rings. The molecule has 9 nitrogen and oxygen atoms in total. The van der Waals surface area contributed by atoms with E-state index in [0.717, 1.165) is 27.7 Å². The van der Waals surface area contributed by atoms with Crippen molar-refractivity contribution in [1.29, 1.82) is 10.8 Å². The number of aromatic amines is 1. The van der Waals surface area contributed by atoms with Crippen LogP contribution in [0.1, 0.15) is 22.3 Å². The first-order valence-electron chi connectivity index (χ1n) is 9.64. The number of hydrogen-bond donors (Lipinski definition) is 6. The summed E-state index contributed by atoms with van der Waals surface area (Å²) in [6, 6.07) is 16.4. The van der Waals surface area contributed by atoms with Crippen molar-refractivity contribution in [2.45, 2.75) is 6.42 Å². The molecule has 1 heterocycles. The molecule has 3 aromatic carbocycles. The number of H-pyrrole nitrogens is 1. The van der Waals surface area contributed by atoms with Gasteiger partial charge >= 0.3 is 0 Å². The SMILES string of the molecule is N=C(N)c1ccc(-c2[nH]c3cc(C(=N)N)ccc3c2Cc2cc([N+](=O)[O-])ccc2O)cc1. The Morgan fingerprint density at radius 1 is 0.969 bits per heavy atom. The molecule has 4 aromatic rings. The summed E-state index contributed by atoms with van der Waals surface area (Å²) < 4.78 is 0. The molecular weight excluding hydrogens is 408 g/mol. The minimum Gasteiger partial charge on any atom is -0.508 e. The Balaban J connectivity index is 1.90. The van der Waals surface area contributed by atoms with Crippen LogP contribution < -0.4 is 11.5 Å². The summed E-state index contributed by atoms with van der Waals surface area (Å²) in [5.74, 6) is -0.143. The van der Waals surface area contributed by atoms with Crippen molar-refractivity contribution in [3.63, 3.8) is 0 Å². The zero-order valence-electron chi connectivity index (χ0n) is 16.8. The van der Waals surface area contributed by atoms with Crippen LogP contribution in [0, 0.1) is 20.9 Å². The van der Waals surface area contributed by atoms with Crippen molar-refractivity contribution < 1.29 is 10.0 Å². The Morgan fingerprint density at radius 2 is 1.62 bits per heavy atom. The van der Waals surface area contributed by atoms with Crippen LogP contribution in [0.15, 0.2) is 60.7 Å². The number of nitrogens with two attached hydrogens (primary N) is 2. The first-order valence-corrected chi connectivity index (χ1v) is 9.64. The van der Waals surface area contributed by atoms with Crippen molar-refractivity contribution in [2.75, 3.05) is 0 Å². The van der Waals surface area contributed by atoms with E-state index in [1.807, 2.05) is 18.2 Å². The second-order valence-corrected chi connectivity index (χ2v) is 7.39. The Kier molecular flexibility index (Phi) is 5.07. The first kappa shape index (κ1) is 20.6. The van der Waals surface area contributed by atoms with E-state index in [0.29, 0.717) is 16.7 Å². The average molecular weight is 428 g/mol. The normalized spacial score (nSPS) is 10.9. The molecule has 32 heavy (non-hydrogen) atoms. The number of nitrogens with one attached hydrogen (secondary N) is 3. The number of nitro benzene ring substituents is 1. The molecule has 0 atom stereocenters. The molecule has 0 saturated heterocycles. The lowest BCUT2D eigenvalue weighted by Gasteiger charge is -2.09. The van der Waals surface area contributed by atoms with Crippen LogP contribution in [0.5, 0.6) is 5.75 Å². The number of hydrogen-bond acceptors (Lipinski definition) is 5. The van der Waals surface area contributed by atoms with Gasteiger partial charge in [0.1, 0.15) is 17.4 Å². The first-order chi connectivity index (χ1) is 15.2. The van der Waals surface area contributed by atoms with Crippen molar-refractivity contribution in [3.8, 4) is 17.0 Å². The fraction of sp³-hybridized carbons (Fsp3) is 0.0435. The number of rotatable bonds is 6. The largest absolute Gasteiger partial charge is 0.508 e. The zero-order chi connectivity index (χ0) is 23.0. The van der Waals surface area contributed by atoms with E-state index in [-0.39, 0.29) is 29.5 Å². The van der Waals surface area contributed by atoms with E-state index in [1.165, 1.54) is 18.2 Å². The van der Waals surface area contributed by atoms with Gasteiger partial charge in [0.15, 0.2) is 0 Å². The summed E-state index contributed by atoms with van der Waals surface area (Å²) in [7, 11) is 0. The van der Waals surface area contributed by atoms with Gasteiger partial charge in [0.2, 0.25) is 0 Å². The van der Waals surface area contributed by atoms with E-state index < -0.39 is 4.92 Å². The number of fused-ring (bicyclic) bond motifs is 1. The van der Waals surface area contributed by atoms with E-state index in [4.69, 9.17) is 22.3 Å². The number of nitrogen functional groups attached to an aromatic ring is 2. The monoisotopic (exact) mass is 428 g/mol. The molecule has 160 valence electrons. The van der Waals surface area contributed by atoms with Gasteiger partial charge in [0.25, 0.3) is 5.69 Å². The van der Waals surface area contributed by atoms with Gasteiger partial charge in [-0.2, -0.15) is 0 Å². The summed E-state index contributed by atoms with van der Waals surface area (Å²) in [4.78, 5) is 14.1. The van der Waals surface area contributed by atoms with E-state index in [2.05, 4.69) is 4.98 Å². The lowest BCUT2D eigenvalue weighted by Crippen LogP contribution is -2.10. The Morgan fingerprint density at radius 3 is 2.25 bits per heavy atom. The predicted molar refractivity (Wildman–Crippen MR) is 123 cm³/mol. The minimum absolute atomic E-state index is 0.0387. The summed E-state index contributed by atoms with van der Waals surface area (Å²) >= 11 is 0. The van der Waals surface area contributed by atoms with Crippen molar-refractivity contribution in [2.24, 2.45) is 11.5 Å². The van der Waals surface area contributed by atoms with E-state index in [9.17, 15) is 15.2 Å². The second kappa shape index (κ2) is 7.88. The molecule has 4 rings (SSSR count). The number of benzene rings is 3. The number of aromatic hydroxyl groups is 1. The van der Waals surface area contributed by atoms with Gasteiger partial charge in [0.05, 0.1) is 10.6 Å². The highest BCUT2D eigenvalue weighted by molar-refractivity contribution is 6.01. The number of aromatic nitrogens is 1. The maximum atomic E-state index is 11.2. The van der Waals surface area contributed by atoms with E-state index in [1.54, 1.807) is 24.3 Å². The second-order valence-electron chi connectivity index (χ2n) is 7.39. The van der Waals surface area contributed by atoms with Crippen LogP contribution in [-0.4, -0.2) is 26.7 Å².